The lowest BCUT2D eigenvalue weighted by Crippen LogP contribution is -1.96. The second-order valence-electron chi connectivity index (χ2n) is 3.55. The van der Waals surface area contributed by atoms with Crippen LogP contribution in [0.5, 0.6) is 0 Å². The van der Waals surface area contributed by atoms with Crippen LogP contribution in [0.25, 0.3) is 11.1 Å². The van der Waals surface area contributed by atoms with Crippen LogP contribution in [0.3, 0.4) is 0 Å². The fourth-order valence-electron chi connectivity index (χ4n) is 1.55. The molecule has 18 heavy (non-hydrogen) atoms. The maximum Gasteiger partial charge on any atom is 0.308 e. The van der Waals surface area contributed by atoms with Gasteiger partial charge in [0.25, 0.3) is 0 Å². The van der Waals surface area contributed by atoms with E-state index in [-0.39, 0.29) is 11.1 Å². The molecule has 0 aliphatic heterocycles. The van der Waals surface area contributed by atoms with Crippen molar-refractivity contribution in [1.29, 1.82) is 0 Å². The zero-order chi connectivity index (χ0) is 13.3. The van der Waals surface area contributed by atoms with Gasteiger partial charge in [-0.2, -0.15) is 4.39 Å². The van der Waals surface area contributed by atoms with Crippen LogP contribution in [0, 0.1) is 27.6 Å². The van der Waals surface area contributed by atoms with E-state index in [1.807, 2.05) is 0 Å². The number of hydrogen-bond donors (Lipinski definition) is 0. The lowest BCUT2D eigenvalue weighted by atomic mass is 10.0. The Hall–Kier alpha value is -2.37. The highest BCUT2D eigenvalue weighted by Gasteiger charge is 2.20. The van der Waals surface area contributed by atoms with Gasteiger partial charge in [-0.05, 0) is 23.8 Å². The molecule has 2 aromatic carbocycles. The molecule has 0 atom stereocenters. The van der Waals surface area contributed by atoms with Gasteiger partial charge in [-0.25, -0.2) is 8.78 Å². The molecule has 0 saturated heterocycles. The van der Waals surface area contributed by atoms with Crippen molar-refractivity contribution in [2.45, 2.75) is 0 Å². The van der Waals surface area contributed by atoms with Crippen LogP contribution in [0.1, 0.15) is 0 Å². The molecule has 0 bridgehead atoms. The second kappa shape index (κ2) is 4.48. The van der Waals surface area contributed by atoms with Crippen LogP contribution in [0.2, 0.25) is 0 Å². The predicted molar refractivity (Wildman–Crippen MR) is 58.4 cm³/mol. The molecule has 0 aromatic heterocycles. The zero-order valence-corrected chi connectivity index (χ0v) is 8.86. The Balaban J connectivity index is 2.64. The van der Waals surface area contributed by atoms with Gasteiger partial charge in [0, 0.05) is 5.56 Å². The van der Waals surface area contributed by atoms with Crippen LogP contribution in [-0.2, 0) is 0 Å². The largest absolute Gasteiger partial charge is 0.308 e. The molecule has 92 valence electrons. The monoisotopic (exact) mass is 253 g/mol. The third kappa shape index (κ3) is 2.17. The highest BCUT2D eigenvalue weighted by Crippen LogP contribution is 2.30. The molecule has 0 amide bonds. The molecule has 0 heterocycles. The lowest BCUT2D eigenvalue weighted by Gasteiger charge is -2.04. The Morgan fingerprint density at radius 1 is 0.944 bits per heavy atom. The Morgan fingerprint density at radius 2 is 1.56 bits per heavy atom. The van der Waals surface area contributed by atoms with Crippen molar-refractivity contribution >= 4 is 5.69 Å². The minimum absolute atomic E-state index is 0.163. The fourth-order valence-corrected chi connectivity index (χ4v) is 1.55. The van der Waals surface area contributed by atoms with Crippen LogP contribution in [-0.4, -0.2) is 4.92 Å². The third-order valence-electron chi connectivity index (χ3n) is 2.37. The maximum absolute atomic E-state index is 13.8. The van der Waals surface area contributed by atoms with Crippen molar-refractivity contribution in [2.75, 3.05) is 0 Å². The van der Waals surface area contributed by atoms with E-state index < -0.39 is 28.1 Å². The average Bonchev–Trinajstić information content (AvgIpc) is 2.32. The number of nitro benzene ring substituents is 1. The Bertz CT molecular complexity index is 611. The number of benzene rings is 2. The molecule has 3 nitrogen and oxygen atoms in total. The van der Waals surface area contributed by atoms with E-state index in [1.54, 1.807) is 0 Å². The van der Waals surface area contributed by atoms with Crippen molar-refractivity contribution in [3.05, 3.63) is 64.0 Å². The van der Waals surface area contributed by atoms with Gasteiger partial charge in [-0.1, -0.05) is 12.1 Å². The Morgan fingerprint density at radius 3 is 2.11 bits per heavy atom. The maximum atomic E-state index is 13.8. The molecular formula is C12H6F3NO2. The topological polar surface area (TPSA) is 43.1 Å². The van der Waals surface area contributed by atoms with Gasteiger partial charge in [0.15, 0.2) is 0 Å². The number of nitro groups is 1. The van der Waals surface area contributed by atoms with Gasteiger partial charge in [-0.15, -0.1) is 0 Å². The van der Waals surface area contributed by atoms with Crippen LogP contribution in [0.15, 0.2) is 36.4 Å². The first-order valence-corrected chi connectivity index (χ1v) is 4.88. The highest BCUT2D eigenvalue weighted by molar-refractivity contribution is 5.67. The summed E-state index contributed by atoms with van der Waals surface area (Å²) in [7, 11) is 0. The summed E-state index contributed by atoms with van der Waals surface area (Å²) in [5.41, 5.74) is -1.06. The van der Waals surface area contributed by atoms with Gasteiger partial charge < -0.3 is 0 Å². The average molecular weight is 253 g/mol. The van der Waals surface area contributed by atoms with Crippen LogP contribution < -0.4 is 0 Å². The molecular weight excluding hydrogens is 247 g/mol. The smallest absolute Gasteiger partial charge is 0.258 e. The van der Waals surface area contributed by atoms with Gasteiger partial charge in [-0.3, -0.25) is 10.1 Å². The van der Waals surface area contributed by atoms with Crippen molar-refractivity contribution in [1.82, 2.24) is 0 Å². The molecule has 0 aliphatic rings. The molecule has 0 N–H and O–H groups in total. The zero-order valence-electron chi connectivity index (χ0n) is 8.86. The molecule has 0 aliphatic carbocycles. The lowest BCUT2D eigenvalue weighted by molar-refractivity contribution is -0.387. The van der Waals surface area contributed by atoms with Crippen molar-refractivity contribution in [2.24, 2.45) is 0 Å². The van der Waals surface area contributed by atoms with Gasteiger partial charge in [0.1, 0.15) is 11.6 Å². The van der Waals surface area contributed by atoms with E-state index in [4.69, 9.17) is 0 Å². The summed E-state index contributed by atoms with van der Waals surface area (Å²) < 4.78 is 39.7. The van der Waals surface area contributed by atoms with Crippen molar-refractivity contribution in [3.63, 3.8) is 0 Å². The van der Waals surface area contributed by atoms with Crippen LogP contribution >= 0.6 is 0 Å². The van der Waals surface area contributed by atoms with E-state index in [2.05, 4.69) is 0 Å². The predicted octanol–water partition coefficient (Wildman–Crippen LogP) is 3.68. The van der Waals surface area contributed by atoms with Crippen molar-refractivity contribution < 1.29 is 18.1 Å². The third-order valence-corrected chi connectivity index (χ3v) is 2.37. The molecule has 6 heteroatoms. The second-order valence-corrected chi connectivity index (χ2v) is 3.55. The van der Waals surface area contributed by atoms with E-state index in [1.165, 1.54) is 12.1 Å². The van der Waals surface area contributed by atoms with Gasteiger partial charge in [0.2, 0.25) is 5.82 Å². The first-order chi connectivity index (χ1) is 8.49. The van der Waals surface area contributed by atoms with E-state index in [0.29, 0.717) is 6.07 Å². The summed E-state index contributed by atoms with van der Waals surface area (Å²) >= 11 is 0. The summed E-state index contributed by atoms with van der Waals surface area (Å²) in [4.78, 5) is 9.54. The Labute approximate surface area is 99.6 Å². The van der Waals surface area contributed by atoms with Crippen molar-refractivity contribution in [3.8, 4) is 11.1 Å². The van der Waals surface area contributed by atoms with E-state index in [0.717, 1.165) is 18.2 Å². The summed E-state index contributed by atoms with van der Waals surface area (Å²) in [6.45, 7) is 0. The minimum Gasteiger partial charge on any atom is -0.258 e. The van der Waals surface area contributed by atoms with Crippen LogP contribution in [0.4, 0.5) is 18.9 Å². The SMILES string of the molecule is O=[N+]([O-])c1cc(F)cc(-c2ccc(F)cc2)c1F. The summed E-state index contributed by atoms with van der Waals surface area (Å²) in [5.74, 6) is -2.61. The molecule has 0 spiro atoms. The molecule has 0 unspecified atom stereocenters. The fraction of sp³-hybridized carbons (Fsp3) is 0. The van der Waals surface area contributed by atoms with Gasteiger partial charge in [0.05, 0.1) is 11.0 Å². The molecule has 2 rings (SSSR count). The highest BCUT2D eigenvalue weighted by atomic mass is 19.1. The molecule has 0 saturated carbocycles. The number of nitrogens with zero attached hydrogens (tertiary/aromatic N) is 1. The minimum atomic E-state index is -1.15. The van der Waals surface area contributed by atoms with E-state index in [9.17, 15) is 23.3 Å². The normalized spacial score (nSPS) is 10.4. The number of rotatable bonds is 2. The summed E-state index contributed by atoms with van der Waals surface area (Å²) in [5, 5.41) is 10.6. The molecule has 2 aromatic rings. The summed E-state index contributed by atoms with van der Waals surface area (Å²) in [6, 6.07) is 5.89. The van der Waals surface area contributed by atoms with Gasteiger partial charge >= 0.3 is 5.69 Å². The molecule has 0 radical (unpaired) electrons. The van der Waals surface area contributed by atoms with E-state index >= 15 is 0 Å². The first-order valence-electron chi connectivity index (χ1n) is 4.88. The number of hydrogen-bond acceptors (Lipinski definition) is 2. The first kappa shape index (κ1) is 12.1. The standard InChI is InChI=1S/C12H6F3NO2/c13-8-3-1-7(2-4-8)10-5-9(14)6-11(12(10)15)16(17)18/h1-6H. The Kier molecular flexibility index (Phi) is 3.01. The molecule has 0 fully saturated rings. The number of halogens is 3. The summed E-state index contributed by atoms with van der Waals surface area (Å²) in [6.07, 6.45) is 0. The quantitative estimate of drug-likeness (QED) is 0.605.